The van der Waals surface area contributed by atoms with E-state index in [9.17, 15) is 0 Å². The van der Waals surface area contributed by atoms with Crippen LogP contribution in [0.15, 0.2) is 22.7 Å². The van der Waals surface area contributed by atoms with Crippen molar-refractivity contribution in [3.8, 4) is 0 Å². The Morgan fingerprint density at radius 3 is 3.05 bits per heavy atom. The van der Waals surface area contributed by atoms with Crippen LogP contribution in [0, 0.1) is 0 Å². The van der Waals surface area contributed by atoms with E-state index in [1.54, 1.807) is 11.3 Å². The summed E-state index contributed by atoms with van der Waals surface area (Å²) in [6.45, 7) is 2.04. The first-order valence-corrected chi connectivity index (χ1v) is 8.95. The smallest absolute Gasteiger partial charge is 0.222 e. The van der Waals surface area contributed by atoms with Crippen molar-refractivity contribution in [2.45, 2.75) is 18.5 Å². The molecule has 3 N–H and O–H groups in total. The third-order valence-corrected chi connectivity index (χ3v) is 6.25. The molecule has 0 radical (unpaired) electrons. The minimum atomic E-state index is 0.359. The quantitative estimate of drug-likeness (QED) is 0.684. The third-order valence-electron chi connectivity index (χ3n) is 4.60. The molecule has 2 fully saturated rings. The fourth-order valence-electron chi connectivity index (χ4n) is 3.63. The van der Waals surface area contributed by atoms with Crippen LogP contribution in [0.25, 0.3) is 20.3 Å². The zero-order valence-corrected chi connectivity index (χ0v) is 14.1. The van der Waals surface area contributed by atoms with E-state index in [4.69, 9.17) is 5.73 Å². The number of halogens is 1. The van der Waals surface area contributed by atoms with Crippen LogP contribution < -0.4 is 16.0 Å². The SMILES string of the molecule is Nc1nc(N2C[C@@H]3C[C@@H]2CN3)c2sc3ccc(Br)cc3c2n1. The van der Waals surface area contributed by atoms with E-state index in [0.29, 0.717) is 18.0 Å². The summed E-state index contributed by atoms with van der Waals surface area (Å²) in [5.41, 5.74) is 6.98. The van der Waals surface area contributed by atoms with Crippen LogP contribution >= 0.6 is 27.3 Å². The molecule has 0 unspecified atom stereocenters. The molecule has 5 nitrogen and oxygen atoms in total. The van der Waals surface area contributed by atoms with E-state index in [1.165, 1.54) is 11.1 Å². The summed E-state index contributed by atoms with van der Waals surface area (Å²) in [5.74, 6) is 1.37. The number of aromatic nitrogens is 2. The van der Waals surface area contributed by atoms with Crippen LogP contribution in [-0.4, -0.2) is 35.1 Å². The van der Waals surface area contributed by atoms with E-state index < -0.39 is 0 Å². The van der Waals surface area contributed by atoms with E-state index in [0.717, 1.165) is 39.0 Å². The van der Waals surface area contributed by atoms with Gasteiger partial charge in [-0.2, -0.15) is 4.98 Å². The highest BCUT2D eigenvalue weighted by Gasteiger charge is 2.39. The Balaban J connectivity index is 1.79. The maximum Gasteiger partial charge on any atom is 0.222 e. The van der Waals surface area contributed by atoms with Crippen LogP contribution in [0.5, 0.6) is 0 Å². The lowest BCUT2D eigenvalue weighted by Crippen LogP contribution is -2.44. The van der Waals surface area contributed by atoms with Gasteiger partial charge in [-0.1, -0.05) is 15.9 Å². The minimum absolute atomic E-state index is 0.359. The number of nitrogens with two attached hydrogens (primary N) is 1. The molecular weight excluding hydrogens is 362 g/mol. The molecule has 2 atom stereocenters. The van der Waals surface area contributed by atoms with E-state index in [-0.39, 0.29) is 0 Å². The van der Waals surface area contributed by atoms with Gasteiger partial charge in [0.15, 0.2) is 5.82 Å². The Hall–Kier alpha value is -1.44. The molecule has 3 aromatic rings. The number of benzene rings is 1. The Morgan fingerprint density at radius 2 is 2.27 bits per heavy atom. The third kappa shape index (κ3) is 1.79. The van der Waals surface area contributed by atoms with Gasteiger partial charge in [-0.25, -0.2) is 4.98 Å². The molecule has 0 amide bonds. The maximum absolute atomic E-state index is 6.01. The van der Waals surface area contributed by atoms with Gasteiger partial charge >= 0.3 is 0 Å². The first-order valence-electron chi connectivity index (χ1n) is 7.34. The van der Waals surface area contributed by atoms with Crippen molar-refractivity contribution in [3.05, 3.63) is 22.7 Å². The number of rotatable bonds is 1. The lowest BCUT2D eigenvalue weighted by molar-refractivity contribution is 0.578. The predicted molar refractivity (Wildman–Crippen MR) is 94.6 cm³/mol. The van der Waals surface area contributed by atoms with Crippen molar-refractivity contribution in [2.24, 2.45) is 0 Å². The van der Waals surface area contributed by atoms with Gasteiger partial charge in [0, 0.05) is 39.7 Å². The summed E-state index contributed by atoms with van der Waals surface area (Å²) in [6.07, 6.45) is 1.20. The second-order valence-corrected chi connectivity index (χ2v) is 7.94. The molecule has 0 saturated carbocycles. The summed E-state index contributed by atoms with van der Waals surface area (Å²) in [7, 11) is 0. The van der Waals surface area contributed by atoms with Crippen molar-refractivity contribution in [2.75, 3.05) is 23.7 Å². The number of piperazine rings is 1. The fraction of sp³-hybridized carbons (Fsp3) is 0.333. The topological polar surface area (TPSA) is 67.1 Å². The van der Waals surface area contributed by atoms with Gasteiger partial charge in [0.05, 0.1) is 10.2 Å². The molecule has 1 aromatic carbocycles. The zero-order valence-electron chi connectivity index (χ0n) is 11.7. The van der Waals surface area contributed by atoms with Gasteiger partial charge in [-0.3, -0.25) is 0 Å². The number of thiophene rings is 1. The van der Waals surface area contributed by atoms with E-state index in [2.05, 4.69) is 54.3 Å². The molecule has 7 heteroatoms. The van der Waals surface area contributed by atoms with Gasteiger partial charge in [-0.05, 0) is 24.6 Å². The number of hydrogen-bond acceptors (Lipinski definition) is 6. The second-order valence-electron chi connectivity index (χ2n) is 5.97. The number of nitrogens with zero attached hydrogens (tertiary/aromatic N) is 3. The van der Waals surface area contributed by atoms with Crippen LogP contribution in [-0.2, 0) is 0 Å². The van der Waals surface area contributed by atoms with Gasteiger partial charge in [0.25, 0.3) is 0 Å². The van der Waals surface area contributed by atoms with Crippen LogP contribution in [0.1, 0.15) is 6.42 Å². The number of nitrogen functional groups attached to an aromatic ring is 1. The summed E-state index contributed by atoms with van der Waals surface area (Å²) in [4.78, 5) is 11.5. The molecule has 0 aliphatic carbocycles. The summed E-state index contributed by atoms with van der Waals surface area (Å²) in [5, 5.41) is 4.68. The molecule has 4 heterocycles. The summed E-state index contributed by atoms with van der Waals surface area (Å²) < 4.78 is 3.43. The highest BCUT2D eigenvalue weighted by atomic mass is 79.9. The number of nitrogens with one attached hydrogen (secondary N) is 1. The van der Waals surface area contributed by atoms with Crippen molar-refractivity contribution in [1.82, 2.24) is 15.3 Å². The molecule has 112 valence electrons. The molecule has 2 aromatic heterocycles. The Kier molecular flexibility index (Phi) is 2.69. The van der Waals surface area contributed by atoms with Crippen LogP contribution in [0.3, 0.4) is 0 Å². The van der Waals surface area contributed by atoms with Crippen molar-refractivity contribution < 1.29 is 0 Å². The highest BCUT2D eigenvalue weighted by molar-refractivity contribution is 9.10. The van der Waals surface area contributed by atoms with Crippen LogP contribution in [0.4, 0.5) is 11.8 Å². The Morgan fingerprint density at radius 1 is 1.36 bits per heavy atom. The lowest BCUT2D eigenvalue weighted by Gasteiger charge is -2.28. The molecule has 5 rings (SSSR count). The molecule has 2 saturated heterocycles. The largest absolute Gasteiger partial charge is 0.368 e. The molecule has 2 aliphatic heterocycles. The standard InChI is InChI=1S/C15H14BrN5S/c16-7-1-2-11-10(3-7)12-13(22-11)14(20-15(17)19-12)21-6-8-4-9(21)5-18-8/h1-3,8-9,18H,4-6H2,(H2,17,19,20)/t8-,9+/m0/s1. The van der Waals surface area contributed by atoms with Gasteiger partial charge in [-0.15, -0.1) is 11.3 Å². The molecule has 22 heavy (non-hydrogen) atoms. The summed E-state index contributed by atoms with van der Waals surface area (Å²) >= 11 is 5.30. The Labute approximate surface area is 139 Å². The molecular formula is C15H14BrN5S. The average molecular weight is 376 g/mol. The number of fused-ring (bicyclic) bond motifs is 5. The first kappa shape index (κ1) is 13.0. The molecule has 2 aliphatic rings. The minimum Gasteiger partial charge on any atom is -0.368 e. The molecule has 0 spiro atoms. The van der Waals surface area contributed by atoms with Crippen molar-refractivity contribution >= 4 is 59.3 Å². The highest BCUT2D eigenvalue weighted by Crippen LogP contribution is 2.41. The number of anilines is 2. The normalized spacial score (nSPS) is 24.0. The average Bonchev–Trinajstić information content (AvgIpc) is 3.20. The lowest BCUT2D eigenvalue weighted by atomic mass is 10.2. The molecule has 2 bridgehead atoms. The first-order chi connectivity index (χ1) is 10.7. The monoisotopic (exact) mass is 375 g/mol. The maximum atomic E-state index is 6.01. The van der Waals surface area contributed by atoms with Crippen molar-refractivity contribution in [3.63, 3.8) is 0 Å². The predicted octanol–water partition coefficient (Wildman–Crippen LogP) is 2.74. The van der Waals surface area contributed by atoms with Crippen molar-refractivity contribution in [1.29, 1.82) is 0 Å². The Bertz CT molecular complexity index is 908. The van der Waals surface area contributed by atoms with Gasteiger partial charge < -0.3 is 16.0 Å². The van der Waals surface area contributed by atoms with Gasteiger partial charge in [0.1, 0.15) is 0 Å². The van der Waals surface area contributed by atoms with Gasteiger partial charge in [0.2, 0.25) is 5.95 Å². The summed E-state index contributed by atoms with van der Waals surface area (Å²) in [6, 6.07) is 7.42. The van der Waals surface area contributed by atoms with E-state index in [1.807, 2.05) is 0 Å². The second kappa shape index (κ2) is 4.53. The van der Waals surface area contributed by atoms with Crippen LogP contribution in [0.2, 0.25) is 0 Å². The number of hydrogen-bond donors (Lipinski definition) is 2. The fourth-order valence-corrected chi connectivity index (χ4v) is 5.12. The zero-order chi connectivity index (χ0) is 14.8. The van der Waals surface area contributed by atoms with E-state index >= 15 is 0 Å².